The summed E-state index contributed by atoms with van der Waals surface area (Å²) in [6.07, 6.45) is 1.83. The molecular weight excluding hydrogens is 393 g/mol. The first-order valence-electron chi connectivity index (χ1n) is 6.68. The molecule has 0 bridgehead atoms. The van der Waals surface area contributed by atoms with Gasteiger partial charge in [-0.1, -0.05) is 12.1 Å². The monoisotopic (exact) mass is 407 g/mol. The molecule has 1 N–H and O–H groups in total. The highest BCUT2D eigenvalue weighted by Crippen LogP contribution is 2.37. The van der Waals surface area contributed by atoms with Crippen LogP contribution < -0.4 is 14.8 Å². The molecule has 1 heterocycles. The van der Waals surface area contributed by atoms with Crippen molar-refractivity contribution in [1.29, 1.82) is 0 Å². The van der Waals surface area contributed by atoms with Crippen LogP contribution in [0.25, 0.3) is 11.6 Å². The first-order chi connectivity index (χ1) is 10.6. The van der Waals surface area contributed by atoms with Crippen LogP contribution in [0, 0.1) is 3.57 Å². The second-order valence-corrected chi connectivity index (χ2v) is 6.03. The topological polar surface area (TPSA) is 47.6 Å². The summed E-state index contributed by atoms with van der Waals surface area (Å²) in [6, 6.07) is 11.5. The Labute approximate surface area is 142 Å². The molecule has 1 aliphatic rings. The third-order valence-electron chi connectivity index (χ3n) is 3.50. The number of amides is 1. The molecule has 112 valence electrons. The largest absolute Gasteiger partial charge is 0.493 e. The van der Waals surface area contributed by atoms with Gasteiger partial charge in [0.25, 0.3) is 5.91 Å². The van der Waals surface area contributed by atoms with Crippen LogP contribution in [-0.2, 0) is 4.79 Å². The summed E-state index contributed by atoms with van der Waals surface area (Å²) < 4.78 is 11.8. The number of fused-ring (bicyclic) bond motifs is 1. The van der Waals surface area contributed by atoms with E-state index < -0.39 is 0 Å². The maximum atomic E-state index is 12.2. The molecular formula is C17H14INO3. The molecule has 0 radical (unpaired) electrons. The summed E-state index contributed by atoms with van der Waals surface area (Å²) in [7, 11) is 3.18. The van der Waals surface area contributed by atoms with E-state index in [1.54, 1.807) is 14.2 Å². The van der Waals surface area contributed by atoms with Crippen molar-refractivity contribution in [2.24, 2.45) is 0 Å². The number of para-hydroxylation sites is 1. The molecule has 5 heteroatoms. The van der Waals surface area contributed by atoms with Gasteiger partial charge in [0.2, 0.25) is 0 Å². The number of halogens is 1. The Bertz CT molecular complexity index is 783. The number of ether oxygens (including phenoxy) is 2. The predicted molar refractivity (Wildman–Crippen MR) is 95.2 cm³/mol. The number of hydrogen-bond donors (Lipinski definition) is 1. The van der Waals surface area contributed by atoms with Crippen LogP contribution in [0.1, 0.15) is 11.1 Å². The number of benzene rings is 2. The molecule has 4 nitrogen and oxygen atoms in total. The van der Waals surface area contributed by atoms with Gasteiger partial charge >= 0.3 is 0 Å². The summed E-state index contributed by atoms with van der Waals surface area (Å²) in [5.41, 5.74) is 3.17. The summed E-state index contributed by atoms with van der Waals surface area (Å²) in [6.45, 7) is 0. The van der Waals surface area contributed by atoms with Crippen LogP contribution in [0.15, 0.2) is 36.4 Å². The maximum absolute atomic E-state index is 12.2. The number of carbonyl (C=O) groups is 1. The lowest BCUT2D eigenvalue weighted by atomic mass is 10.0. The molecule has 0 saturated heterocycles. The fraction of sp³-hybridized carbons (Fsp3) is 0.118. The summed E-state index contributed by atoms with van der Waals surface area (Å²) in [5, 5.41) is 2.88. The zero-order valence-corrected chi connectivity index (χ0v) is 14.3. The summed E-state index contributed by atoms with van der Waals surface area (Å²) >= 11 is 2.24. The van der Waals surface area contributed by atoms with Crippen molar-refractivity contribution >= 4 is 45.8 Å². The molecule has 0 aliphatic carbocycles. The van der Waals surface area contributed by atoms with Gasteiger partial charge < -0.3 is 14.8 Å². The minimum absolute atomic E-state index is 0.109. The van der Waals surface area contributed by atoms with Crippen LogP contribution >= 0.6 is 22.6 Å². The molecule has 0 spiro atoms. The van der Waals surface area contributed by atoms with E-state index in [1.807, 2.05) is 42.5 Å². The number of hydrogen-bond acceptors (Lipinski definition) is 3. The molecule has 2 aromatic carbocycles. The lowest BCUT2D eigenvalue weighted by molar-refractivity contribution is -0.110. The zero-order valence-electron chi connectivity index (χ0n) is 12.1. The Morgan fingerprint density at radius 3 is 2.68 bits per heavy atom. The zero-order chi connectivity index (χ0) is 15.7. The van der Waals surface area contributed by atoms with Crippen LogP contribution in [0.3, 0.4) is 0 Å². The first kappa shape index (κ1) is 14.9. The van der Waals surface area contributed by atoms with Gasteiger partial charge in [0.05, 0.1) is 14.2 Å². The molecule has 0 saturated carbocycles. The van der Waals surface area contributed by atoms with Gasteiger partial charge in [0.1, 0.15) is 0 Å². The van der Waals surface area contributed by atoms with Gasteiger partial charge in [-0.05, 0) is 52.9 Å². The highest BCUT2D eigenvalue weighted by Gasteiger charge is 2.24. The standard InChI is InChI=1S/C17H14INO3/c1-21-15-5-3-4-10(16(15)22-2)8-13-12-9-11(18)6-7-14(12)19-17(13)20/h3-9H,1-2H3,(H,19,20). The van der Waals surface area contributed by atoms with E-state index >= 15 is 0 Å². The van der Waals surface area contributed by atoms with Crippen LogP contribution in [0.4, 0.5) is 5.69 Å². The molecule has 0 unspecified atom stereocenters. The van der Waals surface area contributed by atoms with Gasteiger partial charge in [-0.2, -0.15) is 0 Å². The number of anilines is 1. The molecule has 3 rings (SSSR count). The maximum Gasteiger partial charge on any atom is 0.256 e. The fourth-order valence-corrected chi connectivity index (χ4v) is 2.98. The molecule has 0 aromatic heterocycles. The second-order valence-electron chi connectivity index (χ2n) is 4.78. The van der Waals surface area contributed by atoms with E-state index in [9.17, 15) is 4.79 Å². The van der Waals surface area contributed by atoms with Gasteiger partial charge in [-0.3, -0.25) is 4.79 Å². The molecule has 22 heavy (non-hydrogen) atoms. The smallest absolute Gasteiger partial charge is 0.256 e. The third-order valence-corrected chi connectivity index (χ3v) is 4.17. The Morgan fingerprint density at radius 1 is 1.14 bits per heavy atom. The molecule has 2 aromatic rings. The molecule has 1 amide bonds. The summed E-state index contributed by atoms with van der Waals surface area (Å²) in [4.78, 5) is 12.2. The Hall–Kier alpha value is -2.02. The summed E-state index contributed by atoms with van der Waals surface area (Å²) in [5.74, 6) is 1.14. The predicted octanol–water partition coefficient (Wildman–Crippen LogP) is 3.80. The Balaban J connectivity index is 2.14. The van der Waals surface area contributed by atoms with E-state index in [0.717, 1.165) is 20.4 Å². The lowest BCUT2D eigenvalue weighted by Crippen LogP contribution is -2.03. The molecule has 1 aliphatic heterocycles. The van der Waals surface area contributed by atoms with Crippen molar-refractivity contribution in [3.63, 3.8) is 0 Å². The average Bonchev–Trinajstić information content (AvgIpc) is 2.82. The van der Waals surface area contributed by atoms with Crippen molar-refractivity contribution < 1.29 is 14.3 Å². The number of nitrogens with one attached hydrogen (secondary N) is 1. The van der Waals surface area contributed by atoms with E-state index in [-0.39, 0.29) is 5.91 Å². The van der Waals surface area contributed by atoms with Crippen molar-refractivity contribution in [3.8, 4) is 11.5 Å². The van der Waals surface area contributed by atoms with Crippen molar-refractivity contribution in [2.45, 2.75) is 0 Å². The Kier molecular flexibility index (Phi) is 4.06. The second kappa shape index (κ2) is 6.00. The molecule has 0 fully saturated rings. The number of rotatable bonds is 3. The van der Waals surface area contributed by atoms with Crippen LogP contribution in [0.5, 0.6) is 11.5 Å². The van der Waals surface area contributed by atoms with Crippen molar-refractivity contribution in [1.82, 2.24) is 0 Å². The number of carbonyl (C=O) groups excluding carboxylic acids is 1. The van der Waals surface area contributed by atoms with E-state index in [1.165, 1.54) is 0 Å². The minimum Gasteiger partial charge on any atom is -0.493 e. The fourth-order valence-electron chi connectivity index (χ4n) is 2.48. The van der Waals surface area contributed by atoms with E-state index in [0.29, 0.717) is 17.1 Å². The van der Waals surface area contributed by atoms with Crippen molar-refractivity contribution in [2.75, 3.05) is 19.5 Å². The quantitative estimate of drug-likeness (QED) is 0.622. The SMILES string of the molecule is COc1cccc(C=C2C(=O)Nc3ccc(I)cc32)c1OC. The molecule has 0 atom stereocenters. The lowest BCUT2D eigenvalue weighted by Gasteiger charge is -2.10. The highest BCUT2D eigenvalue weighted by atomic mass is 127. The van der Waals surface area contributed by atoms with Gasteiger partial charge in [0, 0.05) is 26.0 Å². The average molecular weight is 407 g/mol. The van der Waals surface area contributed by atoms with E-state index in [4.69, 9.17) is 9.47 Å². The van der Waals surface area contributed by atoms with Gasteiger partial charge in [-0.15, -0.1) is 0 Å². The van der Waals surface area contributed by atoms with Crippen LogP contribution in [-0.4, -0.2) is 20.1 Å². The normalized spacial score (nSPS) is 14.7. The number of methoxy groups -OCH3 is 2. The first-order valence-corrected chi connectivity index (χ1v) is 7.76. The van der Waals surface area contributed by atoms with Gasteiger partial charge in [-0.25, -0.2) is 0 Å². The highest BCUT2D eigenvalue weighted by molar-refractivity contribution is 14.1. The van der Waals surface area contributed by atoms with Crippen LogP contribution in [0.2, 0.25) is 0 Å². The minimum atomic E-state index is -0.109. The van der Waals surface area contributed by atoms with E-state index in [2.05, 4.69) is 27.9 Å². The van der Waals surface area contributed by atoms with Gasteiger partial charge in [0.15, 0.2) is 11.5 Å². The Morgan fingerprint density at radius 2 is 1.95 bits per heavy atom. The van der Waals surface area contributed by atoms with Crippen molar-refractivity contribution in [3.05, 3.63) is 51.1 Å². The third kappa shape index (κ3) is 2.56.